The molecule has 0 unspecified atom stereocenters. The van der Waals surface area contributed by atoms with Crippen molar-refractivity contribution >= 4 is 32.7 Å². The molecule has 1 fully saturated rings. The Kier molecular flexibility index (Phi) is 6.43. The standard InChI is InChI=1S/C14H29N3O2S2/c1-14(2,3)15-12(18)6-7-13(19)16-8-10-17(11-9-16)21(4,5)20/h20H,6-11H2,1-5H3,(H,15,18). The topological polar surface area (TPSA) is 52.7 Å². The van der Waals surface area contributed by atoms with Crippen molar-refractivity contribution in [2.24, 2.45) is 0 Å². The Labute approximate surface area is 135 Å². The van der Waals surface area contributed by atoms with E-state index in [9.17, 15) is 9.59 Å². The van der Waals surface area contributed by atoms with Gasteiger partial charge in [0, 0.05) is 44.6 Å². The molecule has 1 aliphatic heterocycles. The summed E-state index contributed by atoms with van der Waals surface area (Å²) in [5, 5.41) is 2.88. The predicted molar refractivity (Wildman–Crippen MR) is 93.7 cm³/mol. The van der Waals surface area contributed by atoms with Gasteiger partial charge in [0.1, 0.15) is 0 Å². The molecule has 1 N–H and O–H groups in total. The predicted octanol–water partition coefficient (Wildman–Crippen LogP) is 1.65. The van der Waals surface area contributed by atoms with E-state index in [0.717, 1.165) is 26.2 Å². The van der Waals surface area contributed by atoms with Crippen molar-refractivity contribution < 1.29 is 9.59 Å². The Bertz CT molecular complexity index is 381. The SMILES string of the molecule is CC(C)(C)NC(=O)CCC(=O)N1CCN(S(C)(C)S)CC1. The minimum Gasteiger partial charge on any atom is -0.351 e. The van der Waals surface area contributed by atoms with Crippen LogP contribution in [-0.2, 0) is 9.59 Å². The first kappa shape index (κ1) is 18.6. The maximum absolute atomic E-state index is 12.1. The van der Waals surface area contributed by atoms with Crippen LogP contribution < -0.4 is 5.32 Å². The minimum absolute atomic E-state index is 0.0598. The highest BCUT2D eigenvalue weighted by molar-refractivity contribution is 8.86. The van der Waals surface area contributed by atoms with Crippen LogP contribution in [0.2, 0.25) is 0 Å². The number of thiol groups is 1. The number of hydrogen-bond donors (Lipinski definition) is 2. The lowest BCUT2D eigenvalue weighted by molar-refractivity contribution is -0.134. The van der Waals surface area contributed by atoms with Gasteiger partial charge >= 0.3 is 0 Å². The largest absolute Gasteiger partial charge is 0.351 e. The zero-order valence-electron chi connectivity index (χ0n) is 13.8. The van der Waals surface area contributed by atoms with E-state index in [0.29, 0.717) is 6.42 Å². The van der Waals surface area contributed by atoms with Crippen molar-refractivity contribution in [2.75, 3.05) is 38.7 Å². The molecule has 0 saturated carbocycles. The van der Waals surface area contributed by atoms with Gasteiger partial charge in [0.05, 0.1) is 0 Å². The zero-order chi connectivity index (χ0) is 16.3. The van der Waals surface area contributed by atoms with Gasteiger partial charge in [-0.05, 0) is 33.3 Å². The Hall–Kier alpha value is -0.400. The van der Waals surface area contributed by atoms with Crippen LogP contribution >= 0.6 is 20.9 Å². The molecule has 0 atom stereocenters. The molecular weight excluding hydrogens is 306 g/mol. The summed E-state index contributed by atoms with van der Waals surface area (Å²) in [4.78, 5) is 25.7. The summed E-state index contributed by atoms with van der Waals surface area (Å²) in [7, 11) is -0.995. The third-order valence-corrected chi connectivity index (χ3v) is 5.63. The molecule has 0 radical (unpaired) electrons. The van der Waals surface area contributed by atoms with Crippen molar-refractivity contribution in [3.8, 4) is 0 Å². The smallest absolute Gasteiger partial charge is 0.223 e. The second kappa shape index (κ2) is 7.24. The summed E-state index contributed by atoms with van der Waals surface area (Å²) in [6.45, 7) is 9.01. The van der Waals surface area contributed by atoms with E-state index in [2.05, 4.69) is 33.8 Å². The first-order chi connectivity index (χ1) is 9.49. The maximum Gasteiger partial charge on any atom is 0.223 e. The minimum atomic E-state index is -0.995. The molecule has 2 amide bonds. The molecule has 0 aromatic heterocycles. The summed E-state index contributed by atoms with van der Waals surface area (Å²) in [6, 6.07) is 0. The average Bonchev–Trinajstić information content (AvgIpc) is 2.33. The van der Waals surface area contributed by atoms with Crippen molar-refractivity contribution in [1.29, 1.82) is 0 Å². The molecule has 124 valence electrons. The van der Waals surface area contributed by atoms with Crippen molar-refractivity contribution in [3.63, 3.8) is 0 Å². The lowest BCUT2D eigenvalue weighted by atomic mass is 10.1. The number of nitrogens with one attached hydrogen (secondary N) is 1. The molecule has 0 spiro atoms. The molecule has 1 saturated heterocycles. The molecule has 1 heterocycles. The average molecular weight is 336 g/mol. The number of carbonyl (C=O) groups excluding carboxylic acids is 2. The van der Waals surface area contributed by atoms with Gasteiger partial charge in [-0.15, -0.1) is 20.9 Å². The molecule has 1 rings (SSSR count). The Morgan fingerprint density at radius 2 is 1.62 bits per heavy atom. The lowest BCUT2D eigenvalue weighted by Gasteiger charge is -2.44. The number of rotatable bonds is 4. The summed E-state index contributed by atoms with van der Waals surface area (Å²) < 4.78 is 2.34. The molecular formula is C14H29N3O2S2. The van der Waals surface area contributed by atoms with Gasteiger partial charge < -0.3 is 10.2 Å². The van der Waals surface area contributed by atoms with Crippen LogP contribution in [0.15, 0.2) is 0 Å². The van der Waals surface area contributed by atoms with Crippen LogP contribution in [-0.4, -0.2) is 65.2 Å². The number of carbonyl (C=O) groups is 2. The van der Waals surface area contributed by atoms with Gasteiger partial charge in [-0.25, -0.2) is 0 Å². The highest BCUT2D eigenvalue weighted by Gasteiger charge is 2.26. The van der Waals surface area contributed by atoms with E-state index >= 15 is 0 Å². The summed E-state index contributed by atoms with van der Waals surface area (Å²) in [5.74, 6) is 0.0149. The third kappa shape index (κ3) is 6.93. The van der Waals surface area contributed by atoms with Gasteiger partial charge in [-0.3, -0.25) is 13.9 Å². The van der Waals surface area contributed by atoms with Crippen LogP contribution in [0.4, 0.5) is 0 Å². The monoisotopic (exact) mass is 335 g/mol. The molecule has 0 bridgehead atoms. The second-order valence-electron chi connectivity index (χ2n) is 6.83. The van der Waals surface area contributed by atoms with Gasteiger partial charge in [-0.1, -0.05) is 0 Å². The lowest BCUT2D eigenvalue weighted by Crippen LogP contribution is -2.48. The van der Waals surface area contributed by atoms with Gasteiger partial charge in [-0.2, -0.15) is 0 Å². The highest BCUT2D eigenvalue weighted by Crippen LogP contribution is 2.48. The molecule has 1 aliphatic rings. The van der Waals surface area contributed by atoms with E-state index in [1.54, 1.807) is 0 Å². The maximum atomic E-state index is 12.1. The fraction of sp³-hybridized carbons (Fsp3) is 0.857. The van der Waals surface area contributed by atoms with E-state index in [1.807, 2.05) is 25.7 Å². The number of piperazine rings is 1. The summed E-state index contributed by atoms with van der Waals surface area (Å²) >= 11 is 4.64. The van der Waals surface area contributed by atoms with Crippen LogP contribution in [0, 0.1) is 0 Å². The molecule has 21 heavy (non-hydrogen) atoms. The van der Waals surface area contributed by atoms with E-state index in [4.69, 9.17) is 0 Å². The van der Waals surface area contributed by atoms with Crippen molar-refractivity contribution in [1.82, 2.24) is 14.5 Å². The second-order valence-corrected chi connectivity index (χ2v) is 12.5. The van der Waals surface area contributed by atoms with Crippen molar-refractivity contribution in [3.05, 3.63) is 0 Å². The fourth-order valence-electron chi connectivity index (χ4n) is 2.24. The Morgan fingerprint density at radius 3 is 2.05 bits per heavy atom. The highest BCUT2D eigenvalue weighted by atomic mass is 33.1. The van der Waals surface area contributed by atoms with E-state index < -0.39 is 9.25 Å². The van der Waals surface area contributed by atoms with E-state index in [1.165, 1.54) is 0 Å². The van der Waals surface area contributed by atoms with Crippen LogP contribution in [0.5, 0.6) is 0 Å². The Morgan fingerprint density at radius 1 is 1.10 bits per heavy atom. The quantitative estimate of drug-likeness (QED) is 0.607. The molecule has 0 aromatic rings. The van der Waals surface area contributed by atoms with Crippen LogP contribution in [0.3, 0.4) is 0 Å². The first-order valence-corrected chi connectivity index (χ1v) is 10.7. The Balaban J connectivity index is 2.33. The van der Waals surface area contributed by atoms with Gasteiger partial charge in [0.2, 0.25) is 11.8 Å². The van der Waals surface area contributed by atoms with Gasteiger partial charge in [0.25, 0.3) is 0 Å². The fourth-order valence-corrected chi connectivity index (χ4v) is 3.79. The molecule has 7 heteroatoms. The molecule has 0 aliphatic carbocycles. The van der Waals surface area contributed by atoms with Crippen molar-refractivity contribution in [2.45, 2.75) is 39.2 Å². The number of nitrogens with zero attached hydrogens (tertiary/aromatic N) is 2. The number of hydrogen-bond acceptors (Lipinski definition) is 4. The third-order valence-electron chi connectivity index (χ3n) is 3.30. The molecule has 5 nitrogen and oxygen atoms in total. The summed E-state index contributed by atoms with van der Waals surface area (Å²) in [6.07, 6.45) is 4.84. The number of amides is 2. The first-order valence-electron chi connectivity index (χ1n) is 7.29. The van der Waals surface area contributed by atoms with Gasteiger partial charge in [0.15, 0.2) is 0 Å². The van der Waals surface area contributed by atoms with Crippen LogP contribution in [0.1, 0.15) is 33.6 Å². The molecule has 0 aromatic carbocycles. The van der Waals surface area contributed by atoms with E-state index in [-0.39, 0.29) is 23.8 Å². The zero-order valence-corrected chi connectivity index (χ0v) is 15.5. The normalized spacial score (nSPS) is 18.5. The summed E-state index contributed by atoms with van der Waals surface area (Å²) in [5.41, 5.74) is -0.243. The van der Waals surface area contributed by atoms with Crippen LogP contribution in [0.25, 0.3) is 0 Å².